The summed E-state index contributed by atoms with van der Waals surface area (Å²) in [5.74, 6) is -0.353. The number of rotatable bonds is 6. The minimum Gasteiger partial charge on any atom is -0.462 e. The number of hydrogen-bond donors (Lipinski definition) is 0. The molecule has 0 bridgehead atoms. The first kappa shape index (κ1) is 14.2. The number of carbonyl (C=O) groups is 1. The second kappa shape index (κ2) is 6.77. The zero-order chi connectivity index (χ0) is 13.5. The topological polar surface area (TPSA) is 71.2 Å². The molecule has 0 aromatic carbocycles. The van der Waals surface area contributed by atoms with Crippen molar-refractivity contribution in [3.05, 3.63) is 17.5 Å². The Morgan fingerprint density at radius 3 is 3.00 bits per heavy atom. The maximum atomic E-state index is 11.7. The van der Waals surface area contributed by atoms with Gasteiger partial charge >= 0.3 is 5.97 Å². The number of hydrogen-bond acceptors (Lipinski definition) is 5. The molecule has 0 aliphatic carbocycles. The van der Waals surface area contributed by atoms with Gasteiger partial charge in [-0.2, -0.15) is 10.4 Å². The Morgan fingerprint density at radius 2 is 2.39 bits per heavy atom. The number of nitrogens with zero attached hydrogens (tertiary/aromatic N) is 4. The minimum absolute atomic E-state index is 0.345. The second-order valence-corrected chi connectivity index (χ2v) is 3.99. The van der Waals surface area contributed by atoms with Crippen molar-refractivity contribution in [1.82, 2.24) is 14.7 Å². The van der Waals surface area contributed by atoms with E-state index < -0.39 is 0 Å². The third kappa shape index (κ3) is 3.57. The van der Waals surface area contributed by atoms with E-state index in [-0.39, 0.29) is 5.97 Å². The van der Waals surface area contributed by atoms with Gasteiger partial charge in [0.25, 0.3) is 0 Å². The van der Waals surface area contributed by atoms with E-state index in [0.29, 0.717) is 31.7 Å². The molecule has 18 heavy (non-hydrogen) atoms. The summed E-state index contributed by atoms with van der Waals surface area (Å²) in [7, 11) is 3.69. The molecule has 98 valence electrons. The fraction of sp³-hybridized carbons (Fsp3) is 0.583. The molecule has 0 radical (unpaired) electrons. The van der Waals surface area contributed by atoms with Crippen LogP contribution in [-0.2, 0) is 18.3 Å². The molecule has 0 aliphatic rings. The van der Waals surface area contributed by atoms with E-state index in [1.807, 2.05) is 11.9 Å². The Morgan fingerprint density at radius 1 is 1.67 bits per heavy atom. The Balaban J connectivity index is 2.78. The maximum Gasteiger partial charge on any atom is 0.341 e. The Bertz CT molecular complexity index is 447. The van der Waals surface area contributed by atoms with Gasteiger partial charge in [0.1, 0.15) is 5.56 Å². The number of aryl methyl sites for hydroxylation is 1. The van der Waals surface area contributed by atoms with Gasteiger partial charge in [-0.3, -0.25) is 9.58 Å². The third-order valence-corrected chi connectivity index (χ3v) is 2.58. The average Bonchev–Trinajstić information content (AvgIpc) is 2.69. The van der Waals surface area contributed by atoms with E-state index in [1.54, 1.807) is 18.7 Å². The van der Waals surface area contributed by atoms with Crippen LogP contribution in [0.1, 0.15) is 29.4 Å². The van der Waals surface area contributed by atoms with E-state index in [2.05, 4.69) is 11.2 Å². The van der Waals surface area contributed by atoms with Crippen LogP contribution in [0.25, 0.3) is 0 Å². The molecular formula is C12H18N4O2. The number of aromatic nitrogens is 2. The zero-order valence-electron chi connectivity index (χ0n) is 11.0. The molecular weight excluding hydrogens is 232 g/mol. The monoisotopic (exact) mass is 250 g/mol. The molecule has 0 saturated carbocycles. The summed E-state index contributed by atoms with van der Waals surface area (Å²) >= 11 is 0. The summed E-state index contributed by atoms with van der Waals surface area (Å²) in [6, 6.07) is 2.09. The van der Waals surface area contributed by atoms with Gasteiger partial charge in [0, 0.05) is 26.6 Å². The highest BCUT2D eigenvalue weighted by atomic mass is 16.5. The summed E-state index contributed by atoms with van der Waals surface area (Å²) < 4.78 is 6.64. The van der Waals surface area contributed by atoms with Crippen LogP contribution in [0, 0.1) is 11.3 Å². The lowest BCUT2D eigenvalue weighted by Crippen LogP contribution is -2.22. The Hall–Kier alpha value is -1.87. The molecule has 0 atom stereocenters. The molecule has 6 nitrogen and oxygen atoms in total. The average molecular weight is 250 g/mol. The summed E-state index contributed by atoms with van der Waals surface area (Å²) in [6.45, 7) is 3.33. The van der Waals surface area contributed by atoms with Crippen LogP contribution in [0.4, 0.5) is 0 Å². The largest absolute Gasteiger partial charge is 0.462 e. The normalized spacial score (nSPS) is 10.4. The first-order valence-corrected chi connectivity index (χ1v) is 5.83. The van der Waals surface area contributed by atoms with Crippen LogP contribution in [0.2, 0.25) is 0 Å². The molecule has 0 saturated heterocycles. The molecule has 0 aliphatic heterocycles. The first-order chi connectivity index (χ1) is 8.60. The molecule has 0 spiro atoms. The van der Waals surface area contributed by atoms with Crippen molar-refractivity contribution in [2.75, 3.05) is 20.2 Å². The minimum atomic E-state index is -0.353. The molecule has 0 amide bonds. The zero-order valence-corrected chi connectivity index (χ0v) is 11.0. The van der Waals surface area contributed by atoms with Crippen LogP contribution < -0.4 is 0 Å². The lowest BCUT2D eigenvalue weighted by Gasteiger charge is -2.15. The van der Waals surface area contributed by atoms with Gasteiger partial charge in [-0.1, -0.05) is 0 Å². The third-order valence-electron chi connectivity index (χ3n) is 2.58. The lowest BCUT2D eigenvalue weighted by atomic mass is 10.2. The van der Waals surface area contributed by atoms with E-state index in [0.717, 1.165) is 5.69 Å². The van der Waals surface area contributed by atoms with Crippen molar-refractivity contribution in [2.45, 2.75) is 19.9 Å². The smallest absolute Gasteiger partial charge is 0.341 e. The molecule has 1 aromatic rings. The molecule has 0 unspecified atom stereocenters. The van der Waals surface area contributed by atoms with Crippen LogP contribution in [0.15, 0.2) is 6.20 Å². The van der Waals surface area contributed by atoms with Crippen LogP contribution in [0.3, 0.4) is 0 Å². The predicted molar refractivity (Wildman–Crippen MR) is 65.7 cm³/mol. The van der Waals surface area contributed by atoms with Crippen molar-refractivity contribution in [3.8, 4) is 6.07 Å². The van der Waals surface area contributed by atoms with Crippen molar-refractivity contribution in [1.29, 1.82) is 5.26 Å². The lowest BCUT2D eigenvalue weighted by molar-refractivity contribution is 0.0524. The van der Waals surface area contributed by atoms with Crippen molar-refractivity contribution in [3.63, 3.8) is 0 Å². The summed E-state index contributed by atoms with van der Waals surface area (Å²) in [5.41, 5.74) is 1.29. The Labute approximate surface area is 107 Å². The first-order valence-electron chi connectivity index (χ1n) is 5.83. The predicted octanol–water partition coefficient (Wildman–Crippen LogP) is 0.942. The Kier molecular flexibility index (Phi) is 5.33. The molecule has 1 rings (SSSR count). The standard InChI is InChI=1S/C12H18N4O2/c1-4-18-12(17)10-8-14-16(3)11(10)9-15(2)7-5-6-13/h8H,4-5,7,9H2,1-3H3. The number of carbonyl (C=O) groups excluding carboxylic acids is 1. The van der Waals surface area contributed by atoms with E-state index in [9.17, 15) is 4.79 Å². The number of esters is 1. The highest BCUT2D eigenvalue weighted by Crippen LogP contribution is 2.11. The van der Waals surface area contributed by atoms with E-state index >= 15 is 0 Å². The van der Waals surface area contributed by atoms with Crippen LogP contribution in [0.5, 0.6) is 0 Å². The molecule has 0 fully saturated rings. The van der Waals surface area contributed by atoms with Gasteiger partial charge in [-0.15, -0.1) is 0 Å². The number of nitriles is 1. The van der Waals surface area contributed by atoms with E-state index in [4.69, 9.17) is 10.00 Å². The second-order valence-electron chi connectivity index (χ2n) is 3.99. The summed E-state index contributed by atoms with van der Waals surface area (Å²) in [4.78, 5) is 13.7. The molecule has 6 heteroatoms. The summed E-state index contributed by atoms with van der Waals surface area (Å²) in [5, 5.41) is 12.6. The highest BCUT2D eigenvalue weighted by Gasteiger charge is 2.18. The van der Waals surface area contributed by atoms with Crippen molar-refractivity contribution < 1.29 is 9.53 Å². The van der Waals surface area contributed by atoms with Gasteiger partial charge in [0.05, 0.1) is 24.6 Å². The maximum absolute atomic E-state index is 11.7. The van der Waals surface area contributed by atoms with Gasteiger partial charge < -0.3 is 4.74 Å². The SMILES string of the molecule is CCOC(=O)c1cnn(C)c1CN(C)CCC#N. The van der Waals surface area contributed by atoms with Gasteiger partial charge in [0.15, 0.2) is 0 Å². The molecule has 1 heterocycles. The quantitative estimate of drug-likeness (QED) is 0.703. The van der Waals surface area contributed by atoms with Gasteiger partial charge in [-0.05, 0) is 14.0 Å². The highest BCUT2D eigenvalue weighted by molar-refractivity contribution is 5.90. The summed E-state index contributed by atoms with van der Waals surface area (Å²) in [6.07, 6.45) is 1.98. The molecule has 1 aromatic heterocycles. The van der Waals surface area contributed by atoms with Gasteiger partial charge in [0.2, 0.25) is 0 Å². The fourth-order valence-corrected chi connectivity index (χ4v) is 1.61. The molecule has 0 N–H and O–H groups in total. The van der Waals surface area contributed by atoms with Crippen molar-refractivity contribution in [2.24, 2.45) is 7.05 Å². The van der Waals surface area contributed by atoms with Gasteiger partial charge in [-0.25, -0.2) is 4.79 Å². The van der Waals surface area contributed by atoms with E-state index in [1.165, 1.54) is 6.20 Å². The fourth-order valence-electron chi connectivity index (χ4n) is 1.61. The van der Waals surface area contributed by atoms with Crippen molar-refractivity contribution >= 4 is 5.97 Å². The number of ether oxygens (including phenoxy) is 1. The van der Waals surface area contributed by atoms with Crippen LogP contribution >= 0.6 is 0 Å². The van der Waals surface area contributed by atoms with Crippen LogP contribution in [-0.4, -0.2) is 40.8 Å².